The molecule has 4 heteroatoms. The molecule has 2 amide bonds. The standard InChI is InChI=1S/C21H16N2O2/c24-20(23-18-11-10-17-13-22-21(25)19(17)12-18)16-8-6-15(7-9-16)14-4-2-1-3-5-14/h1-12H,13H2,(H,22,25)(H,23,24). The molecule has 2 N–H and O–H groups in total. The summed E-state index contributed by atoms with van der Waals surface area (Å²) in [6.07, 6.45) is 0. The van der Waals surface area contributed by atoms with E-state index in [2.05, 4.69) is 10.6 Å². The van der Waals surface area contributed by atoms with E-state index < -0.39 is 0 Å². The van der Waals surface area contributed by atoms with Gasteiger partial charge in [-0.3, -0.25) is 9.59 Å². The highest BCUT2D eigenvalue weighted by Gasteiger charge is 2.19. The third kappa shape index (κ3) is 3.02. The highest BCUT2D eigenvalue weighted by atomic mass is 16.2. The van der Waals surface area contributed by atoms with E-state index in [4.69, 9.17) is 0 Å². The van der Waals surface area contributed by atoms with E-state index in [0.717, 1.165) is 16.7 Å². The molecule has 1 aliphatic rings. The number of benzene rings is 3. The van der Waals surface area contributed by atoms with E-state index in [-0.39, 0.29) is 11.8 Å². The molecule has 0 saturated carbocycles. The third-order valence-corrected chi connectivity index (χ3v) is 4.31. The van der Waals surface area contributed by atoms with Gasteiger partial charge in [0.25, 0.3) is 11.8 Å². The van der Waals surface area contributed by atoms with Crippen LogP contribution in [-0.4, -0.2) is 11.8 Å². The SMILES string of the molecule is O=C(Nc1ccc2c(c1)C(=O)NC2)c1ccc(-c2ccccc2)cc1. The maximum Gasteiger partial charge on any atom is 0.255 e. The minimum absolute atomic E-state index is 0.0988. The predicted molar refractivity (Wildman–Crippen MR) is 97.4 cm³/mol. The van der Waals surface area contributed by atoms with Crippen LogP contribution in [0.1, 0.15) is 26.3 Å². The minimum atomic E-state index is -0.196. The molecule has 4 nitrogen and oxygen atoms in total. The summed E-state index contributed by atoms with van der Waals surface area (Å²) in [7, 11) is 0. The Kier molecular flexibility index (Phi) is 3.78. The van der Waals surface area contributed by atoms with Gasteiger partial charge in [0.15, 0.2) is 0 Å². The van der Waals surface area contributed by atoms with Gasteiger partial charge in [0.05, 0.1) is 0 Å². The van der Waals surface area contributed by atoms with Crippen LogP contribution in [0.5, 0.6) is 0 Å². The average molecular weight is 328 g/mol. The highest BCUT2D eigenvalue weighted by Crippen LogP contribution is 2.22. The molecule has 1 aliphatic heterocycles. The first kappa shape index (κ1) is 15.1. The van der Waals surface area contributed by atoms with Gasteiger partial charge in [0, 0.05) is 23.4 Å². The van der Waals surface area contributed by atoms with E-state index in [0.29, 0.717) is 23.4 Å². The van der Waals surface area contributed by atoms with Crippen molar-refractivity contribution in [1.29, 1.82) is 0 Å². The van der Waals surface area contributed by atoms with E-state index in [1.54, 1.807) is 18.2 Å². The number of nitrogens with one attached hydrogen (secondary N) is 2. The molecular formula is C21H16N2O2. The van der Waals surface area contributed by atoms with Crippen molar-refractivity contribution in [2.75, 3.05) is 5.32 Å². The molecule has 25 heavy (non-hydrogen) atoms. The molecule has 0 radical (unpaired) electrons. The van der Waals surface area contributed by atoms with E-state index in [9.17, 15) is 9.59 Å². The van der Waals surface area contributed by atoms with E-state index >= 15 is 0 Å². The van der Waals surface area contributed by atoms with Gasteiger partial charge in [-0.05, 0) is 41.0 Å². The number of fused-ring (bicyclic) bond motifs is 1. The van der Waals surface area contributed by atoms with Crippen molar-refractivity contribution in [1.82, 2.24) is 5.32 Å². The van der Waals surface area contributed by atoms with Crippen LogP contribution in [0.3, 0.4) is 0 Å². The van der Waals surface area contributed by atoms with Gasteiger partial charge in [-0.25, -0.2) is 0 Å². The summed E-state index contributed by atoms with van der Waals surface area (Å²) in [4.78, 5) is 24.2. The van der Waals surface area contributed by atoms with Crippen LogP contribution in [0.2, 0.25) is 0 Å². The Morgan fingerprint density at radius 2 is 1.60 bits per heavy atom. The largest absolute Gasteiger partial charge is 0.348 e. The number of carbonyl (C=O) groups is 2. The van der Waals surface area contributed by atoms with Crippen molar-refractivity contribution in [2.45, 2.75) is 6.54 Å². The second-order valence-electron chi connectivity index (χ2n) is 5.95. The smallest absolute Gasteiger partial charge is 0.255 e. The first-order chi connectivity index (χ1) is 12.2. The van der Waals surface area contributed by atoms with E-state index in [1.165, 1.54) is 0 Å². The Morgan fingerprint density at radius 3 is 2.36 bits per heavy atom. The molecule has 0 aliphatic carbocycles. The molecule has 0 unspecified atom stereocenters. The zero-order valence-corrected chi connectivity index (χ0v) is 13.5. The maximum absolute atomic E-state index is 12.4. The molecule has 3 aromatic carbocycles. The number of amides is 2. The van der Waals surface area contributed by atoms with Crippen LogP contribution in [0, 0.1) is 0 Å². The van der Waals surface area contributed by atoms with Crippen molar-refractivity contribution < 1.29 is 9.59 Å². The molecule has 4 rings (SSSR count). The second-order valence-corrected chi connectivity index (χ2v) is 5.95. The topological polar surface area (TPSA) is 58.2 Å². The lowest BCUT2D eigenvalue weighted by atomic mass is 10.0. The fourth-order valence-corrected chi connectivity index (χ4v) is 2.94. The third-order valence-electron chi connectivity index (χ3n) is 4.31. The van der Waals surface area contributed by atoms with Crippen molar-refractivity contribution in [2.24, 2.45) is 0 Å². The summed E-state index contributed by atoms with van der Waals surface area (Å²) in [6.45, 7) is 0.545. The molecule has 0 atom stereocenters. The molecule has 0 aromatic heterocycles. The summed E-state index contributed by atoms with van der Waals surface area (Å²) >= 11 is 0. The number of hydrogen-bond donors (Lipinski definition) is 2. The van der Waals surface area contributed by atoms with Gasteiger partial charge < -0.3 is 10.6 Å². The molecule has 3 aromatic rings. The normalized spacial score (nSPS) is 12.4. The minimum Gasteiger partial charge on any atom is -0.348 e. The molecule has 0 fully saturated rings. The Bertz CT molecular complexity index is 947. The monoisotopic (exact) mass is 328 g/mol. The van der Waals surface area contributed by atoms with E-state index in [1.807, 2.05) is 54.6 Å². The molecule has 1 heterocycles. The highest BCUT2D eigenvalue weighted by molar-refractivity contribution is 6.06. The zero-order valence-electron chi connectivity index (χ0n) is 13.5. The summed E-state index contributed by atoms with van der Waals surface area (Å²) in [5.74, 6) is -0.295. The summed E-state index contributed by atoms with van der Waals surface area (Å²) in [6, 6.07) is 22.9. The lowest BCUT2D eigenvalue weighted by Gasteiger charge is -2.08. The van der Waals surface area contributed by atoms with Crippen LogP contribution >= 0.6 is 0 Å². The number of anilines is 1. The first-order valence-electron chi connectivity index (χ1n) is 8.09. The Labute approximate surface area is 145 Å². The van der Waals surface area contributed by atoms with Crippen LogP contribution in [0.15, 0.2) is 72.8 Å². The summed E-state index contributed by atoms with van der Waals surface area (Å²) < 4.78 is 0. The zero-order chi connectivity index (χ0) is 17.2. The first-order valence-corrected chi connectivity index (χ1v) is 8.09. The molecule has 0 spiro atoms. The number of rotatable bonds is 3. The molecule has 0 bridgehead atoms. The fraction of sp³-hybridized carbons (Fsp3) is 0.0476. The van der Waals surface area contributed by atoms with Crippen LogP contribution in [0.4, 0.5) is 5.69 Å². The van der Waals surface area contributed by atoms with Crippen LogP contribution in [-0.2, 0) is 6.54 Å². The average Bonchev–Trinajstić information content (AvgIpc) is 3.03. The lowest BCUT2D eigenvalue weighted by Crippen LogP contribution is -2.13. The quantitative estimate of drug-likeness (QED) is 0.767. The van der Waals surface area contributed by atoms with Gasteiger partial charge in [0.1, 0.15) is 0 Å². The van der Waals surface area contributed by atoms with Gasteiger partial charge in [0.2, 0.25) is 0 Å². The Balaban J connectivity index is 1.52. The predicted octanol–water partition coefficient (Wildman–Crippen LogP) is 3.85. The fourth-order valence-electron chi connectivity index (χ4n) is 2.94. The van der Waals surface area contributed by atoms with Gasteiger partial charge >= 0.3 is 0 Å². The number of hydrogen-bond acceptors (Lipinski definition) is 2. The van der Waals surface area contributed by atoms with Gasteiger partial charge in [-0.2, -0.15) is 0 Å². The summed E-state index contributed by atoms with van der Waals surface area (Å²) in [5, 5.41) is 5.62. The van der Waals surface area contributed by atoms with Crippen molar-refractivity contribution in [3.05, 3.63) is 89.5 Å². The molecule has 0 saturated heterocycles. The van der Waals surface area contributed by atoms with Crippen molar-refractivity contribution in [3.8, 4) is 11.1 Å². The Hall–Kier alpha value is -3.40. The van der Waals surface area contributed by atoms with Gasteiger partial charge in [-0.1, -0.05) is 48.5 Å². The maximum atomic E-state index is 12.4. The van der Waals surface area contributed by atoms with Crippen molar-refractivity contribution >= 4 is 17.5 Å². The van der Waals surface area contributed by atoms with Crippen LogP contribution in [0.25, 0.3) is 11.1 Å². The molecule has 122 valence electrons. The van der Waals surface area contributed by atoms with Crippen LogP contribution < -0.4 is 10.6 Å². The Morgan fingerprint density at radius 1 is 0.880 bits per heavy atom. The van der Waals surface area contributed by atoms with Crippen molar-refractivity contribution in [3.63, 3.8) is 0 Å². The summed E-state index contributed by atoms with van der Waals surface area (Å²) in [5.41, 5.74) is 4.94. The molecular weight excluding hydrogens is 312 g/mol. The van der Waals surface area contributed by atoms with Gasteiger partial charge in [-0.15, -0.1) is 0 Å². The second kappa shape index (κ2) is 6.24. The lowest BCUT2D eigenvalue weighted by molar-refractivity contribution is 0.0964. The number of carbonyl (C=O) groups excluding carboxylic acids is 2.